The van der Waals surface area contributed by atoms with Gasteiger partial charge in [0, 0.05) is 12.3 Å². The Labute approximate surface area is 171 Å². The van der Waals surface area contributed by atoms with Crippen LogP contribution in [-0.2, 0) is 4.79 Å². The van der Waals surface area contributed by atoms with Gasteiger partial charge in [-0.3, -0.25) is 4.79 Å². The number of Topliss-reactive ketones (excluding diaryl/α,β-unsaturated/α-hetero) is 1. The second kappa shape index (κ2) is 21.9. The van der Waals surface area contributed by atoms with Crippen LogP contribution in [0.2, 0.25) is 0 Å². The average Bonchev–Trinajstić information content (AvgIpc) is 2.68. The topological polar surface area (TPSA) is 43.1 Å². The van der Waals surface area contributed by atoms with Gasteiger partial charge in [-0.05, 0) is 32.2 Å². The van der Waals surface area contributed by atoms with Gasteiger partial charge in [0.15, 0.2) is 0 Å². The van der Waals surface area contributed by atoms with Crippen LogP contribution in [0.5, 0.6) is 0 Å². The highest BCUT2D eigenvalue weighted by atomic mass is 16.1. The summed E-state index contributed by atoms with van der Waals surface area (Å²) < 4.78 is 0. The van der Waals surface area contributed by atoms with Crippen molar-refractivity contribution in [3.05, 3.63) is 0 Å². The summed E-state index contributed by atoms with van der Waals surface area (Å²) in [5.74, 6) is 0.799. The molecule has 0 fully saturated rings. The van der Waals surface area contributed by atoms with E-state index < -0.39 is 0 Å². The Morgan fingerprint density at radius 2 is 1.07 bits per heavy atom. The van der Waals surface area contributed by atoms with Crippen molar-refractivity contribution in [1.82, 2.24) is 0 Å². The second-order valence-corrected chi connectivity index (χ2v) is 8.56. The van der Waals surface area contributed by atoms with Gasteiger partial charge in [0.05, 0.1) is 0 Å². The maximum Gasteiger partial charge on any atom is 0.135 e. The molecule has 0 aliphatic heterocycles. The van der Waals surface area contributed by atoms with Gasteiger partial charge in [0.25, 0.3) is 0 Å². The summed E-state index contributed by atoms with van der Waals surface area (Å²) in [6, 6.07) is 0. The van der Waals surface area contributed by atoms with Crippen LogP contribution in [0.25, 0.3) is 0 Å². The maximum atomic E-state index is 12.3. The lowest BCUT2D eigenvalue weighted by atomic mass is 9.91. The van der Waals surface area contributed by atoms with Crippen molar-refractivity contribution < 1.29 is 4.79 Å². The third kappa shape index (κ3) is 18.7. The molecule has 0 aromatic rings. The van der Waals surface area contributed by atoms with Gasteiger partial charge < -0.3 is 5.73 Å². The molecule has 0 spiro atoms. The molecule has 0 aliphatic rings. The first-order chi connectivity index (χ1) is 13.3. The van der Waals surface area contributed by atoms with Gasteiger partial charge in [0.1, 0.15) is 5.78 Å². The number of ketones is 1. The standard InChI is InChI=1S/C25H51NO/c1-3-5-6-7-8-9-10-11-12-13-14-15-16-17-18-22-25(27)24(4-2)21-19-20-23-26/h24H,3-23,26H2,1-2H3. The first-order valence-corrected chi connectivity index (χ1v) is 12.5. The van der Waals surface area contributed by atoms with E-state index in [4.69, 9.17) is 5.73 Å². The highest BCUT2D eigenvalue weighted by Gasteiger charge is 2.15. The first kappa shape index (κ1) is 26.6. The van der Waals surface area contributed by atoms with Gasteiger partial charge in [-0.2, -0.15) is 0 Å². The minimum Gasteiger partial charge on any atom is -0.330 e. The molecule has 0 aliphatic carbocycles. The predicted molar refractivity (Wildman–Crippen MR) is 121 cm³/mol. The van der Waals surface area contributed by atoms with Crippen molar-refractivity contribution in [2.24, 2.45) is 11.7 Å². The van der Waals surface area contributed by atoms with Crippen LogP contribution in [0.15, 0.2) is 0 Å². The number of unbranched alkanes of at least 4 members (excludes halogenated alkanes) is 15. The molecule has 0 aromatic heterocycles. The quantitative estimate of drug-likeness (QED) is 0.193. The van der Waals surface area contributed by atoms with E-state index in [1.807, 2.05) is 0 Å². The Hall–Kier alpha value is -0.370. The number of carbonyl (C=O) groups excluding carboxylic acids is 1. The van der Waals surface area contributed by atoms with Crippen molar-refractivity contribution in [2.75, 3.05) is 6.54 Å². The van der Waals surface area contributed by atoms with Gasteiger partial charge >= 0.3 is 0 Å². The number of hydrogen-bond acceptors (Lipinski definition) is 2. The van der Waals surface area contributed by atoms with E-state index in [1.165, 1.54) is 89.9 Å². The Kier molecular flexibility index (Phi) is 21.6. The first-order valence-electron chi connectivity index (χ1n) is 12.5. The van der Waals surface area contributed by atoms with Crippen molar-refractivity contribution in [3.8, 4) is 0 Å². The molecule has 0 saturated heterocycles. The van der Waals surface area contributed by atoms with Crippen molar-refractivity contribution in [3.63, 3.8) is 0 Å². The fraction of sp³-hybridized carbons (Fsp3) is 0.960. The van der Waals surface area contributed by atoms with E-state index in [9.17, 15) is 4.79 Å². The van der Waals surface area contributed by atoms with Crippen LogP contribution in [0.1, 0.15) is 142 Å². The van der Waals surface area contributed by atoms with Crippen LogP contribution >= 0.6 is 0 Å². The zero-order valence-electron chi connectivity index (χ0n) is 18.9. The zero-order chi connectivity index (χ0) is 20.0. The largest absolute Gasteiger partial charge is 0.330 e. The van der Waals surface area contributed by atoms with Gasteiger partial charge in [-0.25, -0.2) is 0 Å². The summed E-state index contributed by atoms with van der Waals surface area (Å²) in [6.07, 6.45) is 25.7. The van der Waals surface area contributed by atoms with Gasteiger partial charge in [-0.15, -0.1) is 0 Å². The van der Waals surface area contributed by atoms with Crippen molar-refractivity contribution >= 4 is 5.78 Å². The zero-order valence-corrected chi connectivity index (χ0v) is 18.9. The van der Waals surface area contributed by atoms with Crippen LogP contribution in [0.3, 0.4) is 0 Å². The second-order valence-electron chi connectivity index (χ2n) is 8.56. The number of carbonyl (C=O) groups is 1. The molecule has 1 atom stereocenters. The summed E-state index contributed by atoms with van der Waals surface area (Å²) in [5, 5.41) is 0. The number of hydrogen-bond donors (Lipinski definition) is 1. The lowest BCUT2D eigenvalue weighted by molar-refractivity contribution is -0.123. The summed E-state index contributed by atoms with van der Waals surface area (Å²) in [4.78, 5) is 12.3. The number of rotatable bonds is 22. The molecule has 162 valence electrons. The lowest BCUT2D eigenvalue weighted by Crippen LogP contribution is -2.14. The molecule has 0 amide bonds. The summed E-state index contributed by atoms with van der Waals surface area (Å²) in [7, 11) is 0. The van der Waals surface area contributed by atoms with E-state index >= 15 is 0 Å². The molecular formula is C25H51NO. The lowest BCUT2D eigenvalue weighted by Gasteiger charge is -2.13. The van der Waals surface area contributed by atoms with E-state index in [0.29, 0.717) is 11.7 Å². The third-order valence-corrected chi connectivity index (χ3v) is 5.98. The molecule has 0 rings (SSSR count). The summed E-state index contributed by atoms with van der Waals surface area (Å²) in [5.41, 5.74) is 5.55. The van der Waals surface area contributed by atoms with E-state index in [2.05, 4.69) is 13.8 Å². The Bertz CT molecular complexity index is 303. The molecule has 27 heavy (non-hydrogen) atoms. The molecule has 0 radical (unpaired) electrons. The van der Waals surface area contributed by atoms with Gasteiger partial charge in [-0.1, -0.05) is 110 Å². The Balaban J connectivity index is 3.31. The fourth-order valence-corrected chi connectivity index (χ4v) is 4.00. The summed E-state index contributed by atoms with van der Waals surface area (Å²) >= 11 is 0. The minimum absolute atomic E-state index is 0.295. The van der Waals surface area contributed by atoms with E-state index in [0.717, 1.165) is 45.1 Å². The molecular weight excluding hydrogens is 330 g/mol. The average molecular weight is 382 g/mol. The molecule has 0 heterocycles. The Morgan fingerprint density at radius 3 is 1.48 bits per heavy atom. The Morgan fingerprint density at radius 1 is 0.630 bits per heavy atom. The van der Waals surface area contributed by atoms with E-state index in [1.54, 1.807) is 0 Å². The highest BCUT2D eigenvalue weighted by Crippen LogP contribution is 2.18. The molecule has 0 bridgehead atoms. The molecule has 1 unspecified atom stereocenters. The highest BCUT2D eigenvalue weighted by molar-refractivity contribution is 5.80. The third-order valence-electron chi connectivity index (χ3n) is 5.98. The molecule has 0 saturated carbocycles. The van der Waals surface area contributed by atoms with E-state index in [-0.39, 0.29) is 0 Å². The summed E-state index contributed by atoms with van der Waals surface area (Å²) in [6.45, 7) is 5.19. The molecule has 2 N–H and O–H groups in total. The fourth-order valence-electron chi connectivity index (χ4n) is 4.00. The molecule has 2 heteroatoms. The van der Waals surface area contributed by atoms with Crippen LogP contribution < -0.4 is 5.73 Å². The minimum atomic E-state index is 0.295. The molecule has 0 aromatic carbocycles. The number of nitrogens with two attached hydrogens (primary N) is 1. The predicted octanol–water partition coefficient (Wildman–Crippen LogP) is 7.97. The molecule has 2 nitrogen and oxygen atoms in total. The SMILES string of the molecule is CCCCCCCCCCCCCCCCCC(=O)C(CC)CCCCN. The van der Waals surface area contributed by atoms with Gasteiger partial charge in [0.2, 0.25) is 0 Å². The normalized spacial score (nSPS) is 12.4. The van der Waals surface area contributed by atoms with Crippen LogP contribution in [-0.4, -0.2) is 12.3 Å². The van der Waals surface area contributed by atoms with Crippen molar-refractivity contribution in [2.45, 2.75) is 142 Å². The smallest absolute Gasteiger partial charge is 0.135 e. The van der Waals surface area contributed by atoms with Crippen LogP contribution in [0, 0.1) is 5.92 Å². The van der Waals surface area contributed by atoms with Crippen LogP contribution in [0.4, 0.5) is 0 Å². The van der Waals surface area contributed by atoms with Crippen molar-refractivity contribution in [1.29, 1.82) is 0 Å². The monoisotopic (exact) mass is 381 g/mol. The maximum absolute atomic E-state index is 12.3.